The topological polar surface area (TPSA) is 52.8 Å². The first kappa shape index (κ1) is 12.0. The van der Waals surface area contributed by atoms with Gasteiger partial charge in [0, 0.05) is 12.4 Å². The van der Waals surface area contributed by atoms with Gasteiger partial charge in [0.2, 0.25) is 0 Å². The van der Waals surface area contributed by atoms with E-state index in [1.807, 2.05) is 0 Å². The Morgan fingerprint density at radius 1 is 1.42 bits per heavy atom. The van der Waals surface area contributed by atoms with Gasteiger partial charge in [0.05, 0.1) is 25.5 Å². The highest BCUT2D eigenvalue weighted by molar-refractivity contribution is 5.90. The minimum absolute atomic E-state index is 0.333. The SMILES string of the molecule is COC(=O)c1cc(OC)c2nc(C3(F)CC3)cn2c1. The molecule has 1 saturated carbocycles. The van der Waals surface area contributed by atoms with Gasteiger partial charge < -0.3 is 13.9 Å². The maximum absolute atomic E-state index is 14.0. The summed E-state index contributed by atoms with van der Waals surface area (Å²) in [6.07, 6.45) is 4.13. The van der Waals surface area contributed by atoms with Crippen LogP contribution in [0, 0.1) is 0 Å². The summed E-state index contributed by atoms with van der Waals surface area (Å²) in [7, 11) is 2.78. The zero-order valence-corrected chi connectivity index (χ0v) is 10.6. The monoisotopic (exact) mass is 264 g/mol. The number of hydrogen-bond acceptors (Lipinski definition) is 4. The van der Waals surface area contributed by atoms with E-state index in [0.717, 1.165) is 0 Å². The van der Waals surface area contributed by atoms with E-state index in [1.165, 1.54) is 20.3 Å². The minimum Gasteiger partial charge on any atom is -0.493 e. The number of imidazole rings is 1. The predicted octanol–water partition coefficient (Wildman–Crippen LogP) is 2.09. The molecule has 0 atom stereocenters. The van der Waals surface area contributed by atoms with Crippen LogP contribution in [0.25, 0.3) is 5.65 Å². The van der Waals surface area contributed by atoms with E-state index < -0.39 is 11.6 Å². The number of ether oxygens (including phenoxy) is 2. The number of esters is 1. The van der Waals surface area contributed by atoms with Crippen LogP contribution in [0.4, 0.5) is 4.39 Å². The summed E-state index contributed by atoms with van der Waals surface area (Å²) < 4.78 is 25.5. The van der Waals surface area contributed by atoms with Gasteiger partial charge in [-0.1, -0.05) is 0 Å². The van der Waals surface area contributed by atoms with Crippen LogP contribution in [0.2, 0.25) is 0 Å². The Hall–Kier alpha value is -2.11. The van der Waals surface area contributed by atoms with Crippen molar-refractivity contribution in [3.8, 4) is 5.75 Å². The summed E-state index contributed by atoms with van der Waals surface area (Å²) >= 11 is 0. The average Bonchev–Trinajstić information content (AvgIpc) is 3.02. The first-order chi connectivity index (χ1) is 9.07. The van der Waals surface area contributed by atoms with E-state index in [0.29, 0.717) is 35.5 Å². The van der Waals surface area contributed by atoms with Crippen molar-refractivity contribution in [3.05, 3.63) is 29.7 Å². The number of methoxy groups -OCH3 is 2. The smallest absolute Gasteiger partial charge is 0.339 e. The van der Waals surface area contributed by atoms with Crippen LogP contribution in [0.5, 0.6) is 5.75 Å². The van der Waals surface area contributed by atoms with Gasteiger partial charge in [-0.2, -0.15) is 0 Å². The maximum atomic E-state index is 14.0. The molecule has 1 fully saturated rings. The fraction of sp³-hybridized carbons (Fsp3) is 0.385. The Morgan fingerprint density at radius 3 is 2.74 bits per heavy atom. The van der Waals surface area contributed by atoms with Crippen molar-refractivity contribution in [1.29, 1.82) is 0 Å². The largest absolute Gasteiger partial charge is 0.493 e. The van der Waals surface area contributed by atoms with Crippen molar-refractivity contribution < 1.29 is 18.7 Å². The van der Waals surface area contributed by atoms with Crippen molar-refractivity contribution in [2.45, 2.75) is 18.5 Å². The van der Waals surface area contributed by atoms with Gasteiger partial charge in [-0.15, -0.1) is 0 Å². The summed E-state index contributed by atoms with van der Waals surface area (Å²) in [5.74, 6) is -0.0600. The molecule has 0 N–H and O–H groups in total. The number of fused-ring (bicyclic) bond motifs is 1. The number of carbonyl (C=O) groups is 1. The zero-order valence-electron chi connectivity index (χ0n) is 10.6. The molecule has 1 aliphatic carbocycles. The highest BCUT2D eigenvalue weighted by atomic mass is 19.1. The number of pyridine rings is 1. The number of rotatable bonds is 3. The molecule has 0 aromatic carbocycles. The maximum Gasteiger partial charge on any atom is 0.339 e. The summed E-state index contributed by atoms with van der Waals surface area (Å²) in [6.45, 7) is 0. The molecule has 2 heterocycles. The Labute approximate surface area is 109 Å². The number of halogens is 1. The standard InChI is InChI=1S/C13H13FN2O3/c1-18-9-5-8(12(17)19-2)6-16-7-10(15-11(9)16)13(14)3-4-13/h5-7H,3-4H2,1-2H3. The van der Waals surface area contributed by atoms with E-state index >= 15 is 0 Å². The van der Waals surface area contributed by atoms with Crippen molar-refractivity contribution in [2.24, 2.45) is 0 Å². The van der Waals surface area contributed by atoms with Crippen LogP contribution in [0.15, 0.2) is 18.5 Å². The summed E-state index contributed by atoms with van der Waals surface area (Å²) in [5.41, 5.74) is -0.107. The third-order valence-electron chi connectivity index (χ3n) is 3.31. The number of alkyl halides is 1. The third-order valence-corrected chi connectivity index (χ3v) is 3.31. The first-order valence-electron chi connectivity index (χ1n) is 5.92. The third kappa shape index (κ3) is 1.83. The average molecular weight is 264 g/mol. The molecule has 3 rings (SSSR count). The second-order valence-corrected chi connectivity index (χ2v) is 4.61. The molecule has 0 aliphatic heterocycles. The van der Waals surface area contributed by atoms with Crippen LogP contribution in [-0.2, 0) is 10.4 Å². The molecule has 6 heteroatoms. The van der Waals surface area contributed by atoms with E-state index in [4.69, 9.17) is 4.74 Å². The van der Waals surface area contributed by atoms with Crippen LogP contribution < -0.4 is 4.74 Å². The highest BCUT2D eigenvalue weighted by Crippen LogP contribution is 2.49. The molecule has 19 heavy (non-hydrogen) atoms. The Balaban J connectivity index is 2.17. The van der Waals surface area contributed by atoms with Gasteiger partial charge in [-0.25, -0.2) is 14.2 Å². The lowest BCUT2D eigenvalue weighted by Gasteiger charge is -2.05. The molecule has 2 aromatic rings. The molecule has 0 radical (unpaired) electrons. The lowest BCUT2D eigenvalue weighted by molar-refractivity contribution is 0.0599. The highest BCUT2D eigenvalue weighted by Gasteiger charge is 2.47. The molecule has 2 aromatic heterocycles. The molecule has 0 saturated heterocycles. The predicted molar refractivity (Wildman–Crippen MR) is 65.1 cm³/mol. The van der Waals surface area contributed by atoms with Gasteiger partial charge >= 0.3 is 5.97 Å². The minimum atomic E-state index is -1.32. The summed E-state index contributed by atoms with van der Waals surface area (Å²) in [6, 6.07) is 1.54. The normalized spacial score (nSPS) is 16.4. The lowest BCUT2D eigenvalue weighted by atomic mass is 10.2. The molecule has 100 valence electrons. The lowest BCUT2D eigenvalue weighted by Crippen LogP contribution is -2.04. The molecule has 5 nitrogen and oxygen atoms in total. The fourth-order valence-corrected chi connectivity index (χ4v) is 2.03. The van der Waals surface area contributed by atoms with Crippen LogP contribution in [0.1, 0.15) is 28.9 Å². The van der Waals surface area contributed by atoms with Crippen molar-refractivity contribution in [2.75, 3.05) is 14.2 Å². The summed E-state index contributed by atoms with van der Waals surface area (Å²) in [5, 5.41) is 0. The zero-order chi connectivity index (χ0) is 13.6. The van der Waals surface area contributed by atoms with Crippen LogP contribution in [-0.4, -0.2) is 29.6 Å². The van der Waals surface area contributed by atoms with E-state index in [-0.39, 0.29) is 0 Å². The molecule has 0 unspecified atom stereocenters. The molecular formula is C13H13FN2O3. The summed E-state index contributed by atoms with van der Waals surface area (Å²) in [4.78, 5) is 15.8. The van der Waals surface area contributed by atoms with Crippen molar-refractivity contribution in [3.63, 3.8) is 0 Å². The molecular weight excluding hydrogens is 251 g/mol. The number of nitrogens with zero attached hydrogens (tertiary/aromatic N) is 2. The Kier molecular flexibility index (Phi) is 2.48. The van der Waals surface area contributed by atoms with Gasteiger partial charge in [0.15, 0.2) is 17.1 Å². The number of hydrogen-bond donors (Lipinski definition) is 0. The van der Waals surface area contributed by atoms with E-state index in [2.05, 4.69) is 9.72 Å². The quantitative estimate of drug-likeness (QED) is 0.796. The van der Waals surface area contributed by atoms with Crippen molar-refractivity contribution in [1.82, 2.24) is 9.38 Å². The second kappa shape index (κ2) is 3.94. The Morgan fingerprint density at radius 2 is 2.16 bits per heavy atom. The second-order valence-electron chi connectivity index (χ2n) is 4.61. The van der Waals surface area contributed by atoms with Gasteiger partial charge in [0.1, 0.15) is 0 Å². The Bertz CT molecular complexity index is 661. The van der Waals surface area contributed by atoms with E-state index in [9.17, 15) is 9.18 Å². The molecule has 1 aliphatic rings. The molecule has 0 spiro atoms. The van der Waals surface area contributed by atoms with E-state index in [1.54, 1.807) is 16.8 Å². The molecule has 0 bridgehead atoms. The van der Waals surface area contributed by atoms with Gasteiger partial charge in [-0.05, 0) is 18.9 Å². The fourth-order valence-electron chi connectivity index (χ4n) is 2.03. The first-order valence-corrected chi connectivity index (χ1v) is 5.92. The van der Waals surface area contributed by atoms with Gasteiger partial charge in [-0.3, -0.25) is 0 Å². The molecule has 0 amide bonds. The van der Waals surface area contributed by atoms with Crippen LogP contribution >= 0.6 is 0 Å². The van der Waals surface area contributed by atoms with Crippen molar-refractivity contribution >= 4 is 11.6 Å². The number of aromatic nitrogens is 2. The number of carbonyl (C=O) groups excluding carboxylic acids is 1. The van der Waals surface area contributed by atoms with Crippen LogP contribution in [0.3, 0.4) is 0 Å². The van der Waals surface area contributed by atoms with Gasteiger partial charge in [0.25, 0.3) is 0 Å².